The number of methoxy groups -OCH3 is 2. The molecule has 7 heteroatoms. The van der Waals surface area contributed by atoms with Gasteiger partial charge in [0.15, 0.2) is 0 Å². The second kappa shape index (κ2) is 9.23. The lowest BCUT2D eigenvalue weighted by Crippen LogP contribution is -2.30. The Balaban J connectivity index is 1.96. The molecule has 0 aromatic heterocycles. The number of aliphatic hydroxyl groups excluding tert-OH is 1. The number of carbonyl (C=O) groups is 2. The van der Waals surface area contributed by atoms with Crippen molar-refractivity contribution >= 4 is 34.7 Å². The lowest BCUT2D eigenvalue weighted by atomic mass is 9.94. The third-order valence-electron chi connectivity index (χ3n) is 6.14. The van der Waals surface area contributed by atoms with Crippen LogP contribution < -0.4 is 14.4 Å². The zero-order valence-electron chi connectivity index (χ0n) is 19.3. The number of benzene rings is 3. The van der Waals surface area contributed by atoms with Crippen molar-refractivity contribution in [2.75, 3.05) is 19.1 Å². The van der Waals surface area contributed by atoms with Crippen LogP contribution in [0.3, 0.4) is 0 Å². The molecule has 1 amide bonds. The van der Waals surface area contributed by atoms with Gasteiger partial charge in [-0.05, 0) is 66.9 Å². The Hall–Kier alpha value is -3.77. The summed E-state index contributed by atoms with van der Waals surface area (Å²) in [6.07, 6.45) is 0. The van der Waals surface area contributed by atoms with Gasteiger partial charge in [0.2, 0.25) is 0 Å². The Labute approximate surface area is 203 Å². The van der Waals surface area contributed by atoms with E-state index in [1.807, 2.05) is 26.0 Å². The molecule has 0 radical (unpaired) electrons. The molecule has 34 heavy (non-hydrogen) atoms. The van der Waals surface area contributed by atoms with Crippen LogP contribution in [-0.4, -0.2) is 31.0 Å². The van der Waals surface area contributed by atoms with E-state index in [0.717, 1.165) is 11.1 Å². The molecule has 3 aromatic rings. The van der Waals surface area contributed by atoms with Gasteiger partial charge >= 0.3 is 0 Å². The van der Waals surface area contributed by atoms with Gasteiger partial charge < -0.3 is 14.6 Å². The second-order valence-electron chi connectivity index (χ2n) is 8.01. The third kappa shape index (κ3) is 3.90. The number of rotatable bonds is 5. The maximum absolute atomic E-state index is 13.4. The normalized spacial score (nSPS) is 17.2. The number of ketones is 1. The van der Waals surface area contributed by atoms with Gasteiger partial charge in [0.05, 0.1) is 30.9 Å². The van der Waals surface area contributed by atoms with Crippen LogP contribution in [0.2, 0.25) is 5.02 Å². The molecule has 1 unspecified atom stereocenters. The predicted molar refractivity (Wildman–Crippen MR) is 132 cm³/mol. The first kappa shape index (κ1) is 23.4. The van der Waals surface area contributed by atoms with Crippen molar-refractivity contribution in [2.24, 2.45) is 0 Å². The minimum Gasteiger partial charge on any atom is -0.507 e. The smallest absolute Gasteiger partial charge is 0.300 e. The molecule has 1 aliphatic rings. The summed E-state index contributed by atoms with van der Waals surface area (Å²) in [4.78, 5) is 28.1. The maximum Gasteiger partial charge on any atom is 0.300 e. The Bertz CT molecular complexity index is 1310. The fourth-order valence-corrected chi connectivity index (χ4v) is 4.41. The standard InChI is InChI=1S/C27H24ClNO5/c1-15-6-5-7-21(16(15)2)29-24(17-8-11-19(33-3)12-9-17)23(26(31)27(29)32)25(30)18-10-13-22(34-4)20(28)14-18/h5-14,24,30H,1-4H3/b25-23+. The number of aryl methyl sites for hydroxylation is 1. The van der Waals surface area contributed by atoms with Crippen molar-refractivity contribution in [2.45, 2.75) is 19.9 Å². The second-order valence-corrected chi connectivity index (χ2v) is 8.42. The summed E-state index contributed by atoms with van der Waals surface area (Å²) >= 11 is 6.26. The van der Waals surface area contributed by atoms with Gasteiger partial charge in [0, 0.05) is 11.3 Å². The monoisotopic (exact) mass is 477 g/mol. The van der Waals surface area contributed by atoms with Gasteiger partial charge in [-0.3, -0.25) is 14.5 Å². The molecule has 4 rings (SSSR count). The number of carbonyl (C=O) groups excluding carboxylic acids is 2. The van der Waals surface area contributed by atoms with Crippen molar-refractivity contribution < 1.29 is 24.2 Å². The highest BCUT2D eigenvalue weighted by atomic mass is 35.5. The van der Waals surface area contributed by atoms with Crippen LogP contribution in [0.1, 0.15) is 28.3 Å². The summed E-state index contributed by atoms with van der Waals surface area (Å²) in [5.41, 5.74) is 3.41. The molecule has 1 saturated heterocycles. The molecule has 6 nitrogen and oxygen atoms in total. The Kier molecular flexibility index (Phi) is 6.35. The lowest BCUT2D eigenvalue weighted by molar-refractivity contribution is -0.132. The minimum atomic E-state index is -0.840. The number of anilines is 1. The van der Waals surface area contributed by atoms with Crippen LogP contribution in [0.5, 0.6) is 11.5 Å². The number of nitrogens with zero attached hydrogens (tertiary/aromatic N) is 1. The number of ether oxygens (including phenoxy) is 2. The topological polar surface area (TPSA) is 76.1 Å². The fourth-order valence-electron chi connectivity index (χ4n) is 4.15. The van der Waals surface area contributed by atoms with Crippen LogP contribution in [0.15, 0.2) is 66.2 Å². The van der Waals surface area contributed by atoms with E-state index in [1.54, 1.807) is 49.6 Å². The molecule has 1 N–H and O–H groups in total. The SMILES string of the molecule is COc1ccc(C2/C(=C(\O)c3ccc(OC)c(Cl)c3)C(=O)C(=O)N2c2cccc(C)c2C)cc1. The Morgan fingerprint density at radius 3 is 2.29 bits per heavy atom. The van der Waals surface area contributed by atoms with Crippen LogP contribution in [0.25, 0.3) is 5.76 Å². The Morgan fingerprint density at radius 1 is 0.971 bits per heavy atom. The average Bonchev–Trinajstić information content (AvgIpc) is 3.10. The molecule has 1 heterocycles. The number of aliphatic hydroxyl groups is 1. The number of amides is 1. The van der Waals surface area contributed by atoms with Gasteiger partial charge in [-0.2, -0.15) is 0 Å². The molecule has 0 spiro atoms. The molecule has 1 aliphatic heterocycles. The molecular formula is C27H24ClNO5. The number of halogens is 1. The Morgan fingerprint density at radius 2 is 1.68 bits per heavy atom. The van der Waals surface area contributed by atoms with E-state index in [0.29, 0.717) is 28.3 Å². The molecule has 1 atom stereocenters. The zero-order chi connectivity index (χ0) is 24.6. The van der Waals surface area contributed by atoms with Gasteiger partial charge in [-0.1, -0.05) is 35.9 Å². The summed E-state index contributed by atoms with van der Waals surface area (Å²) in [6, 6.07) is 16.5. The summed E-state index contributed by atoms with van der Waals surface area (Å²) in [5.74, 6) is -0.728. The van der Waals surface area contributed by atoms with Crippen molar-refractivity contribution in [3.8, 4) is 11.5 Å². The van der Waals surface area contributed by atoms with Gasteiger partial charge in [-0.25, -0.2) is 0 Å². The number of hydrogen-bond donors (Lipinski definition) is 1. The van der Waals surface area contributed by atoms with Crippen LogP contribution in [0, 0.1) is 13.8 Å². The molecule has 0 bridgehead atoms. The van der Waals surface area contributed by atoms with Gasteiger partial charge in [0.1, 0.15) is 17.3 Å². The summed E-state index contributed by atoms with van der Waals surface area (Å²) in [6.45, 7) is 3.84. The summed E-state index contributed by atoms with van der Waals surface area (Å²) in [7, 11) is 3.05. The highest BCUT2D eigenvalue weighted by molar-refractivity contribution is 6.51. The van der Waals surface area contributed by atoms with Crippen molar-refractivity contribution in [1.82, 2.24) is 0 Å². The highest BCUT2D eigenvalue weighted by Crippen LogP contribution is 2.44. The van der Waals surface area contributed by atoms with Gasteiger partial charge in [0.25, 0.3) is 11.7 Å². The summed E-state index contributed by atoms with van der Waals surface area (Å²) < 4.78 is 10.4. The van der Waals surface area contributed by atoms with Crippen molar-refractivity contribution in [1.29, 1.82) is 0 Å². The molecular weight excluding hydrogens is 454 g/mol. The van der Waals surface area contributed by atoms with E-state index in [2.05, 4.69) is 0 Å². The van der Waals surface area contributed by atoms with E-state index in [4.69, 9.17) is 21.1 Å². The third-order valence-corrected chi connectivity index (χ3v) is 6.43. The largest absolute Gasteiger partial charge is 0.507 e. The zero-order valence-corrected chi connectivity index (χ0v) is 20.0. The molecule has 174 valence electrons. The van der Waals surface area contributed by atoms with Crippen molar-refractivity contribution in [3.63, 3.8) is 0 Å². The first-order chi connectivity index (χ1) is 16.3. The maximum atomic E-state index is 13.4. The molecule has 0 aliphatic carbocycles. The number of hydrogen-bond acceptors (Lipinski definition) is 5. The molecule has 0 saturated carbocycles. The minimum absolute atomic E-state index is 0.0164. The van der Waals surface area contributed by atoms with E-state index >= 15 is 0 Å². The molecule has 1 fully saturated rings. The van der Waals surface area contributed by atoms with Crippen LogP contribution in [0.4, 0.5) is 5.69 Å². The van der Waals surface area contributed by atoms with Crippen LogP contribution >= 0.6 is 11.6 Å². The number of Topliss-reactive ketones (excluding diaryl/α,β-unsaturated/α-hetero) is 1. The predicted octanol–water partition coefficient (Wildman–Crippen LogP) is 5.60. The summed E-state index contributed by atoms with van der Waals surface area (Å²) in [5, 5.41) is 11.5. The lowest BCUT2D eigenvalue weighted by Gasteiger charge is -2.27. The van der Waals surface area contributed by atoms with Crippen LogP contribution in [-0.2, 0) is 9.59 Å². The molecule has 3 aromatic carbocycles. The van der Waals surface area contributed by atoms with E-state index < -0.39 is 17.7 Å². The van der Waals surface area contributed by atoms with Gasteiger partial charge in [-0.15, -0.1) is 0 Å². The fraction of sp³-hybridized carbons (Fsp3) is 0.185. The first-order valence-electron chi connectivity index (χ1n) is 10.6. The quantitative estimate of drug-likeness (QED) is 0.294. The first-order valence-corrected chi connectivity index (χ1v) is 11.0. The van der Waals surface area contributed by atoms with E-state index in [-0.39, 0.29) is 16.4 Å². The highest BCUT2D eigenvalue weighted by Gasteiger charge is 2.47. The van der Waals surface area contributed by atoms with E-state index in [1.165, 1.54) is 18.1 Å². The van der Waals surface area contributed by atoms with E-state index in [9.17, 15) is 14.7 Å². The van der Waals surface area contributed by atoms with Crippen molar-refractivity contribution in [3.05, 3.63) is 93.5 Å². The average molecular weight is 478 g/mol.